The summed E-state index contributed by atoms with van der Waals surface area (Å²) in [6.45, 7) is 8.80. The summed E-state index contributed by atoms with van der Waals surface area (Å²) >= 11 is 0. The van der Waals surface area contributed by atoms with Crippen molar-refractivity contribution in [3.63, 3.8) is 0 Å². The molecule has 1 heteroatoms. The number of hydrogen-bond acceptors (Lipinski definition) is 1. The molecule has 1 nitrogen and oxygen atoms in total. The van der Waals surface area contributed by atoms with E-state index in [0.29, 0.717) is 0 Å². The van der Waals surface area contributed by atoms with Crippen LogP contribution in [0.15, 0.2) is 12.2 Å². The predicted octanol–water partition coefficient (Wildman–Crippen LogP) is 2.59. The van der Waals surface area contributed by atoms with Crippen LogP contribution in [0.5, 0.6) is 0 Å². The van der Waals surface area contributed by atoms with Crippen LogP contribution < -0.4 is 5.32 Å². The molecule has 0 heterocycles. The Morgan fingerprint density at radius 3 is 2.55 bits per heavy atom. The Bertz CT molecular complexity index is 97.0. The zero-order chi connectivity index (χ0) is 8.53. The van der Waals surface area contributed by atoms with E-state index in [-0.39, 0.29) is 0 Å². The van der Waals surface area contributed by atoms with Crippen LogP contribution in [0.4, 0.5) is 0 Å². The van der Waals surface area contributed by atoms with Crippen LogP contribution in [0.25, 0.3) is 0 Å². The summed E-state index contributed by atoms with van der Waals surface area (Å²) in [5, 5.41) is 3.42. The molecule has 0 saturated heterocycles. The second-order valence-electron chi connectivity index (χ2n) is 2.90. The van der Waals surface area contributed by atoms with Gasteiger partial charge in [-0.1, -0.05) is 26.0 Å². The van der Waals surface area contributed by atoms with Crippen LogP contribution in [0.2, 0.25) is 0 Å². The highest BCUT2D eigenvalue weighted by Crippen LogP contribution is 2.01. The highest BCUT2D eigenvalue weighted by Gasteiger charge is 1.98. The minimum absolute atomic E-state index is 0.728. The first kappa shape index (κ1) is 10.7. The molecule has 66 valence electrons. The lowest BCUT2D eigenvalue weighted by molar-refractivity contribution is 0.542. The van der Waals surface area contributed by atoms with Crippen molar-refractivity contribution in [3.05, 3.63) is 12.2 Å². The van der Waals surface area contributed by atoms with Crippen molar-refractivity contribution in [2.75, 3.05) is 13.1 Å². The van der Waals surface area contributed by atoms with Crippen LogP contribution in [-0.2, 0) is 0 Å². The molecule has 1 atom stereocenters. The summed E-state index contributed by atoms with van der Waals surface area (Å²) in [4.78, 5) is 0. The molecule has 0 amide bonds. The molecular weight excluding hydrogens is 134 g/mol. The maximum atomic E-state index is 3.42. The Hall–Kier alpha value is -0.300. The Morgan fingerprint density at radius 2 is 2.09 bits per heavy atom. The fourth-order valence-corrected chi connectivity index (χ4v) is 1.08. The molecule has 0 aliphatic carbocycles. The molecule has 0 aromatic carbocycles. The summed E-state index contributed by atoms with van der Waals surface area (Å²) in [5.74, 6) is 0.728. The normalized spacial score (nSPS) is 14.1. The highest BCUT2D eigenvalue weighted by atomic mass is 14.8. The minimum atomic E-state index is 0.728. The van der Waals surface area contributed by atoms with E-state index in [4.69, 9.17) is 0 Å². The number of hydrogen-bond donors (Lipinski definition) is 1. The van der Waals surface area contributed by atoms with Crippen LogP contribution in [0, 0.1) is 5.92 Å². The van der Waals surface area contributed by atoms with Gasteiger partial charge in [0.05, 0.1) is 0 Å². The van der Waals surface area contributed by atoms with Gasteiger partial charge in [0.1, 0.15) is 0 Å². The van der Waals surface area contributed by atoms with E-state index in [2.05, 4.69) is 38.2 Å². The molecule has 0 fully saturated rings. The lowest BCUT2D eigenvalue weighted by atomic mass is 10.1. The molecule has 1 unspecified atom stereocenters. The van der Waals surface area contributed by atoms with Crippen LogP contribution in [0.1, 0.15) is 33.6 Å². The molecule has 0 aliphatic rings. The maximum absolute atomic E-state index is 3.42. The van der Waals surface area contributed by atoms with Gasteiger partial charge in [-0.15, -0.1) is 0 Å². The van der Waals surface area contributed by atoms with E-state index >= 15 is 0 Å². The second-order valence-corrected chi connectivity index (χ2v) is 2.90. The lowest BCUT2D eigenvalue weighted by Gasteiger charge is -2.09. The molecule has 0 spiro atoms. The summed E-state index contributed by atoms with van der Waals surface area (Å²) in [6.07, 6.45) is 6.89. The van der Waals surface area contributed by atoms with Crippen molar-refractivity contribution >= 4 is 0 Å². The number of allylic oxidation sites excluding steroid dienone is 1. The predicted molar refractivity (Wildman–Crippen MR) is 51.8 cm³/mol. The third kappa shape index (κ3) is 6.11. The third-order valence-corrected chi connectivity index (χ3v) is 1.82. The van der Waals surface area contributed by atoms with Crippen molar-refractivity contribution in [2.45, 2.75) is 33.6 Å². The van der Waals surface area contributed by atoms with E-state index in [9.17, 15) is 0 Å². The number of rotatable bonds is 6. The molecular formula is C10H21N. The first-order chi connectivity index (χ1) is 5.35. The average molecular weight is 155 g/mol. The first-order valence-corrected chi connectivity index (χ1v) is 4.68. The average Bonchev–Trinajstić information content (AvgIpc) is 2.03. The largest absolute Gasteiger partial charge is 0.316 e. The zero-order valence-electron chi connectivity index (χ0n) is 8.06. The summed E-state index contributed by atoms with van der Waals surface area (Å²) in [6, 6.07) is 0. The van der Waals surface area contributed by atoms with Gasteiger partial charge in [0.15, 0.2) is 0 Å². The Morgan fingerprint density at radius 1 is 1.36 bits per heavy atom. The molecule has 11 heavy (non-hydrogen) atoms. The van der Waals surface area contributed by atoms with Crippen molar-refractivity contribution in [3.8, 4) is 0 Å². The van der Waals surface area contributed by atoms with Gasteiger partial charge >= 0.3 is 0 Å². The van der Waals surface area contributed by atoms with Crippen LogP contribution in [0.3, 0.4) is 0 Å². The molecule has 0 aromatic rings. The van der Waals surface area contributed by atoms with Gasteiger partial charge in [-0.3, -0.25) is 0 Å². The van der Waals surface area contributed by atoms with Gasteiger partial charge < -0.3 is 5.32 Å². The van der Waals surface area contributed by atoms with Gasteiger partial charge in [0.25, 0.3) is 0 Å². The maximum Gasteiger partial charge on any atom is 0.00141 e. The minimum Gasteiger partial charge on any atom is -0.316 e. The van der Waals surface area contributed by atoms with Gasteiger partial charge in [-0.2, -0.15) is 0 Å². The third-order valence-electron chi connectivity index (χ3n) is 1.82. The first-order valence-electron chi connectivity index (χ1n) is 4.68. The van der Waals surface area contributed by atoms with E-state index < -0.39 is 0 Å². The van der Waals surface area contributed by atoms with Crippen molar-refractivity contribution in [1.82, 2.24) is 5.32 Å². The van der Waals surface area contributed by atoms with Crippen LogP contribution in [-0.4, -0.2) is 13.1 Å². The zero-order valence-corrected chi connectivity index (χ0v) is 8.06. The van der Waals surface area contributed by atoms with E-state index in [0.717, 1.165) is 19.0 Å². The lowest BCUT2D eigenvalue weighted by Crippen LogP contribution is -2.21. The molecule has 0 bridgehead atoms. The Balaban J connectivity index is 3.36. The topological polar surface area (TPSA) is 12.0 Å². The fourth-order valence-electron chi connectivity index (χ4n) is 1.08. The molecule has 0 rings (SSSR count). The van der Waals surface area contributed by atoms with Gasteiger partial charge in [-0.25, -0.2) is 0 Å². The SMILES string of the molecule is C/C=C/C(CC)CNCCC. The van der Waals surface area contributed by atoms with Gasteiger partial charge in [-0.05, 0) is 32.2 Å². The Kier molecular flexibility index (Phi) is 7.59. The molecule has 0 aromatic heterocycles. The van der Waals surface area contributed by atoms with E-state index in [1.807, 2.05) is 0 Å². The van der Waals surface area contributed by atoms with Crippen LogP contribution >= 0.6 is 0 Å². The Labute approximate surface area is 70.9 Å². The van der Waals surface area contributed by atoms with Crippen molar-refractivity contribution < 1.29 is 0 Å². The number of nitrogens with one attached hydrogen (secondary N) is 1. The quantitative estimate of drug-likeness (QED) is 0.459. The highest BCUT2D eigenvalue weighted by molar-refractivity contribution is 4.85. The summed E-state index contributed by atoms with van der Waals surface area (Å²) in [7, 11) is 0. The van der Waals surface area contributed by atoms with Crippen molar-refractivity contribution in [2.24, 2.45) is 5.92 Å². The summed E-state index contributed by atoms with van der Waals surface area (Å²) < 4.78 is 0. The standard InChI is InChI=1S/C10H21N/c1-4-7-10(6-3)9-11-8-5-2/h4,7,10-11H,5-6,8-9H2,1-3H3/b7-4+. The smallest absolute Gasteiger partial charge is 0.00141 e. The molecule has 0 radical (unpaired) electrons. The summed E-state index contributed by atoms with van der Waals surface area (Å²) in [5.41, 5.74) is 0. The molecule has 0 aliphatic heterocycles. The molecule has 1 N–H and O–H groups in total. The molecule has 0 saturated carbocycles. The van der Waals surface area contributed by atoms with E-state index in [1.54, 1.807) is 0 Å². The van der Waals surface area contributed by atoms with Gasteiger partial charge in [0.2, 0.25) is 0 Å². The van der Waals surface area contributed by atoms with Crippen molar-refractivity contribution in [1.29, 1.82) is 0 Å². The van der Waals surface area contributed by atoms with E-state index in [1.165, 1.54) is 12.8 Å². The monoisotopic (exact) mass is 155 g/mol. The second kappa shape index (κ2) is 7.80. The van der Waals surface area contributed by atoms with Gasteiger partial charge in [0, 0.05) is 6.54 Å². The fraction of sp³-hybridized carbons (Fsp3) is 0.800.